The van der Waals surface area contributed by atoms with Crippen molar-refractivity contribution in [1.29, 1.82) is 5.26 Å². The van der Waals surface area contributed by atoms with Crippen LogP contribution in [0.25, 0.3) is 0 Å². The third-order valence-corrected chi connectivity index (χ3v) is 3.88. The Hall–Kier alpha value is -3.00. The number of benzene rings is 2. The molecular weight excluding hydrogens is 328 g/mol. The lowest BCUT2D eigenvalue weighted by molar-refractivity contribution is -0.120. The van der Waals surface area contributed by atoms with Gasteiger partial charge in [-0.15, -0.1) is 0 Å². The van der Waals surface area contributed by atoms with Crippen molar-refractivity contribution in [1.82, 2.24) is 5.32 Å². The van der Waals surface area contributed by atoms with Crippen molar-refractivity contribution in [3.63, 3.8) is 0 Å². The zero-order valence-corrected chi connectivity index (χ0v) is 15.6. The molecule has 136 valence electrons. The Morgan fingerprint density at radius 1 is 1.12 bits per heavy atom. The van der Waals surface area contributed by atoms with Crippen LogP contribution in [0.5, 0.6) is 17.2 Å². The van der Waals surface area contributed by atoms with E-state index in [1.54, 1.807) is 7.11 Å². The molecule has 2 aromatic carbocycles. The van der Waals surface area contributed by atoms with Crippen LogP contribution in [0, 0.1) is 11.3 Å². The summed E-state index contributed by atoms with van der Waals surface area (Å²) in [6.07, 6.45) is -0.131. The highest BCUT2D eigenvalue weighted by molar-refractivity contribution is 5.77. The van der Waals surface area contributed by atoms with E-state index in [1.165, 1.54) is 0 Å². The van der Waals surface area contributed by atoms with Crippen molar-refractivity contribution >= 4 is 5.91 Å². The fourth-order valence-electron chi connectivity index (χ4n) is 2.45. The van der Waals surface area contributed by atoms with Gasteiger partial charge in [0.25, 0.3) is 0 Å². The number of methoxy groups -OCH3 is 1. The highest BCUT2D eigenvalue weighted by Crippen LogP contribution is 2.36. The van der Waals surface area contributed by atoms with Crippen molar-refractivity contribution < 1.29 is 14.3 Å². The molecule has 0 aromatic heterocycles. The molecule has 1 N–H and O–H groups in total. The lowest BCUT2D eigenvalue weighted by atomic mass is 9.86. The maximum absolute atomic E-state index is 11.3. The number of nitrogens with one attached hydrogen (secondary N) is 1. The summed E-state index contributed by atoms with van der Waals surface area (Å²) in [6, 6.07) is 15.1. The third-order valence-electron chi connectivity index (χ3n) is 3.88. The first kappa shape index (κ1) is 19.3. The van der Waals surface area contributed by atoms with Crippen LogP contribution in [-0.2, 0) is 16.8 Å². The molecule has 0 atom stereocenters. The fraction of sp³-hybridized carbons (Fsp3) is 0.333. The molecule has 0 heterocycles. The van der Waals surface area contributed by atoms with Crippen LogP contribution in [0.15, 0.2) is 42.5 Å². The quantitative estimate of drug-likeness (QED) is 0.841. The number of carbonyl (C=O) groups is 1. The summed E-state index contributed by atoms with van der Waals surface area (Å²) in [5.41, 5.74) is 1.91. The van der Waals surface area contributed by atoms with E-state index in [0.717, 1.165) is 22.6 Å². The molecule has 0 unspecified atom stereocenters. The van der Waals surface area contributed by atoms with Gasteiger partial charge in [-0.1, -0.05) is 32.9 Å². The molecule has 1 amide bonds. The van der Waals surface area contributed by atoms with E-state index in [1.807, 2.05) is 48.5 Å². The van der Waals surface area contributed by atoms with Gasteiger partial charge in [0, 0.05) is 12.1 Å². The average Bonchev–Trinajstić information content (AvgIpc) is 2.61. The monoisotopic (exact) mass is 352 g/mol. The molecule has 0 spiro atoms. The lowest BCUT2D eigenvalue weighted by Gasteiger charge is -2.23. The summed E-state index contributed by atoms with van der Waals surface area (Å²) < 4.78 is 11.4. The molecule has 0 saturated carbocycles. The van der Waals surface area contributed by atoms with E-state index in [4.69, 9.17) is 14.7 Å². The first-order chi connectivity index (χ1) is 12.3. The van der Waals surface area contributed by atoms with Gasteiger partial charge in [-0.3, -0.25) is 4.79 Å². The number of nitrogens with zero attached hydrogens (tertiary/aromatic N) is 1. The first-order valence-corrected chi connectivity index (χ1v) is 8.42. The molecule has 0 aliphatic heterocycles. The Bertz CT molecular complexity index is 799. The van der Waals surface area contributed by atoms with Gasteiger partial charge in [0.1, 0.15) is 23.7 Å². The van der Waals surface area contributed by atoms with Gasteiger partial charge >= 0.3 is 0 Å². The van der Waals surface area contributed by atoms with Gasteiger partial charge < -0.3 is 14.8 Å². The second kappa shape index (κ2) is 8.39. The summed E-state index contributed by atoms with van der Waals surface area (Å²) in [5.74, 6) is 2.02. The van der Waals surface area contributed by atoms with E-state index in [9.17, 15) is 4.79 Å². The molecule has 0 saturated heterocycles. The fourth-order valence-corrected chi connectivity index (χ4v) is 2.45. The number of hydrogen-bond acceptors (Lipinski definition) is 4. The molecule has 0 fully saturated rings. The second-order valence-corrected chi connectivity index (χ2v) is 6.97. The van der Waals surface area contributed by atoms with Crippen LogP contribution >= 0.6 is 0 Å². The van der Waals surface area contributed by atoms with Crippen LogP contribution in [0.2, 0.25) is 0 Å². The Balaban J connectivity index is 2.12. The van der Waals surface area contributed by atoms with Gasteiger partial charge in [-0.05, 0) is 41.3 Å². The van der Waals surface area contributed by atoms with Gasteiger partial charge in [0.15, 0.2) is 0 Å². The summed E-state index contributed by atoms with van der Waals surface area (Å²) >= 11 is 0. The highest BCUT2D eigenvalue weighted by atomic mass is 16.5. The van der Waals surface area contributed by atoms with Crippen LogP contribution in [0.1, 0.15) is 38.3 Å². The van der Waals surface area contributed by atoms with Crippen LogP contribution in [0.4, 0.5) is 0 Å². The molecule has 0 aliphatic rings. The largest absolute Gasteiger partial charge is 0.497 e. The van der Waals surface area contributed by atoms with E-state index in [-0.39, 0.29) is 17.7 Å². The van der Waals surface area contributed by atoms with Crippen LogP contribution < -0.4 is 14.8 Å². The minimum absolute atomic E-state index is 0.0885. The average molecular weight is 352 g/mol. The molecule has 2 rings (SSSR count). The van der Waals surface area contributed by atoms with E-state index < -0.39 is 0 Å². The van der Waals surface area contributed by atoms with Gasteiger partial charge in [0.2, 0.25) is 5.91 Å². The molecule has 0 aliphatic carbocycles. The molecule has 26 heavy (non-hydrogen) atoms. The normalized spacial score (nSPS) is 10.7. The Kier molecular flexibility index (Phi) is 6.24. The topological polar surface area (TPSA) is 71.3 Å². The number of carbonyl (C=O) groups excluding carboxylic acids is 1. The molecule has 5 nitrogen and oxygen atoms in total. The minimum Gasteiger partial charge on any atom is -0.497 e. The van der Waals surface area contributed by atoms with Crippen molar-refractivity contribution in [2.24, 2.45) is 0 Å². The molecule has 5 heteroatoms. The van der Waals surface area contributed by atoms with E-state index in [2.05, 4.69) is 26.1 Å². The number of amides is 1. The predicted molar refractivity (Wildman–Crippen MR) is 100 cm³/mol. The van der Waals surface area contributed by atoms with Crippen molar-refractivity contribution in [3.8, 4) is 23.3 Å². The zero-order chi connectivity index (χ0) is 19.2. The maximum Gasteiger partial charge on any atom is 0.234 e. The molecule has 0 radical (unpaired) electrons. The van der Waals surface area contributed by atoms with Crippen molar-refractivity contribution in [2.45, 2.75) is 39.2 Å². The number of nitriles is 1. The summed E-state index contributed by atoms with van der Waals surface area (Å²) in [5, 5.41) is 11.2. The first-order valence-electron chi connectivity index (χ1n) is 8.42. The maximum atomic E-state index is 11.3. The zero-order valence-electron chi connectivity index (χ0n) is 15.6. The lowest BCUT2D eigenvalue weighted by Crippen LogP contribution is -2.21. The summed E-state index contributed by atoms with van der Waals surface area (Å²) in [4.78, 5) is 11.3. The molecular formula is C21H24N2O3. The Morgan fingerprint density at radius 3 is 2.35 bits per heavy atom. The summed E-state index contributed by atoms with van der Waals surface area (Å²) in [7, 11) is 1.65. The predicted octanol–water partition coefficient (Wildman–Crippen LogP) is 4.31. The SMILES string of the molecule is COc1ccc(Oc2ccc(CNC(=O)CC#N)cc2)c(C(C)(C)C)c1. The number of hydrogen-bond donors (Lipinski definition) is 1. The van der Waals surface area contributed by atoms with Gasteiger partial charge in [0.05, 0.1) is 13.2 Å². The van der Waals surface area contributed by atoms with E-state index >= 15 is 0 Å². The number of rotatable bonds is 6. The standard InChI is InChI=1S/C21H24N2O3/c1-21(2,3)18-13-17(25-4)9-10-19(18)26-16-7-5-15(6-8-16)14-23-20(24)11-12-22/h5-10,13H,11,14H2,1-4H3,(H,23,24). The van der Waals surface area contributed by atoms with Crippen LogP contribution in [-0.4, -0.2) is 13.0 Å². The minimum atomic E-state index is -0.277. The smallest absolute Gasteiger partial charge is 0.234 e. The third kappa shape index (κ3) is 5.25. The number of ether oxygens (including phenoxy) is 2. The molecule has 2 aromatic rings. The van der Waals surface area contributed by atoms with E-state index in [0.29, 0.717) is 12.3 Å². The Morgan fingerprint density at radius 2 is 1.77 bits per heavy atom. The molecule has 0 bridgehead atoms. The van der Waals surface area contributed by atoms with Crippen molar-refractivity contribution in [2.75, 3.05) is 7.11 Å². The van der Waals surface area contributed by atoms with Crippen molar-refractivity contribution in [3.05, 3.63) is 53.6 Å². The van der Waals surface area contributed by atoms with Gasteiger partial charge in [-0.25, -0.2) is 0 Å². The highest BCUT2D eigenvalue weighted by Gasteiger charge is 2.20. The van der Waals surface area contributed by atoms with Crippen LogP contribution in [0.3, 0.4) is 0 Å². The summed E-state index contributed by atoms with van der Waals surface area (Å²) in [6.45, 7) is 6.77. The van der Waals surface area contributed by atoms with Gasteiger partial charge in [-0.2, -0.15) is 5.26 Å². The Labute approximate surface area is 154 Å². The second-order valence-electron chi connectivity index (χ2n) is 6.97.